The topological polar surface area (TPSA) is 252 Å². The van der Waals surface area contributed by atoms with E-state index in [1.807, 2.05) is 6.92 Å². The molecule has 6 unspecified atom stereocenters. The number of carbonyl (C=O) groups is 5. The van der Waals surface area contributed by atoms with E-state index in [2.05, 4.69) is 0 Å². The second-order valence-electron chi connectivity index (χ2n) is 20.9. The van der Waals surface area contributed by atoms with Crippen molar-refractivity contribution in [3.05, 3.63) is 23.8 Å². The molecule has 0 aromatic heterocycles. The van der Waals surface area contributed by atoms with Crippen LogP contribution >= 0.6 is 0 Å². The van der Waals surface area contributed by atoms with Gasteiger partial charge in [0.25, 0.3) is 11.7 Å². The Kier molecular flexibility index (Phi) is 17.5. The molecule has 5 fully saturated rings. The van der Waals surface area contributed by atoms with Crippen LogP contribution in [0.4, 0.5) is 0 Å². The number of methoxy groups -OCH3 is 2. The van der Waals surface area contributed by atoms with E-state index in [0.717, 1.165) is 4.90 Å². The summed E-state index contributed by atoms with van der Waals surface area (Å²) in [5, 5.41) is 56.6. The van der Waals surface area contributed by atoms with Gasteiger partial charge in [0.05, 0.1) is 30.5 Å². The molecule has 6 rings (SSSR count). The number of allylic oxidation sites excluding steroid dienone is 1. The van der Waals surface area contributed by atoms with Crippen LogP contribution in [0.2, 0.25) is 0 Å². The third-order valence-electron chi connectivity index (χ3n) is 16.0. The Morgan fingerprint density at radius 2 is 1.61 bits per heavy atom. The van der Waals surface area contributed by atoms with Crippen LogP contribution in [-0.2, 0) is 52.4 Å². The van der Waals surface area contributed by atoms with E-state index < -0.39 is 119 Å². The average Bonchev–Trinajstić information content (AvgIpc) is 4.23. The van der Waals surface area contributed by atoms with Crippen molar-refractivity contribution < 1.29 is 77.9 Å². The highest BCUT2D eigenvalue weighted by atomic mass is 16.7. The Bertz CT molecular complexity index is 1860. The first-order valence-corrected chi connectivity index (χ1v) is 24.6. The third-order valence-corrected chi connectivity index (χ3v) is 16.0. The van der Waals surface area contributed by atoms with E-state index in [4.69, 9.17) is 28.4 Å². The van der Waals surface area contributed by atoms with E-state index in [-0.39, 0.29) is 61.2 Å². The number of cyclic esters (lactones) is 1. The van der Waals surface area contributed by atoms with Gasteiger partial charge in [-0.25, -0.2) is 4.79 Å². The standard InChI is InChI=1S/C50H77NO16/c1-25-13-18-36-43(64-36)46-49(7,67-46)39(54)23-32-16-14-29(5)50(61,66-32)45(58)47(59)51-19-11-10-12-33(51)48(60)65-37(27(3)21-31-15-17-34(52)38(22-31)62-8)24-35(53)26(2)20-28(4)41(56)44(63-9)42(57)30(6)40(25)55/h13,18,20,25-27,29-34,36-41,43-44,46,52,54-56,61H,10-12,14-17,19,21-24H2,1-9H3/b18-13+,28-20+/t25-,26-,27-,29-,30-,31+,32+,33+,34-,36?,37+,38-,39?,40?,41-,43?,44-,46?,49?,50-/m1/s1. The highest BCUT2D eigenvalue weighted by Gasteiger charge is 2.67. The highest BCUT2D eigenvalue weighted by molar-refractivity contribution is 6.39. The van der Waals surface area contributed by atoms with Crippen LogP contribution < -0.4 is 0 Å². The van der Waals surface area contributed by atoms with E-state index >= 15 is 0 Å². The number of hydrogen-bond donors (Lipinski definition) is 5. The van der Waals surface area contributed by atoms with Gasteiger partial charge in [-0.15, -0.1) is 0 Å². The van der Waals surface area contributed by atoms with Crippen molar-refractivity contribution in [2.75, 3.05) is 20.8 Å². The molecule has 4 saturated heterocycles. The molecule has 5 N–H and O–H groups in total. The van der Waals surface area contributed by atoms with Crippen molar-refractivity contribution in [3.8, 4) is 0 Å². The van der Waals surface area contributed by atoms with E-state index in [1.165, 1.54) is 7.11 Å². The summed E-state index contributed by atoms with van der Waals surface area (Å²) in [5.41, 5.74) is -0.743. The van der Waals surface area contributed by atoms with Crippen molar-refractivity contribution in [3.63, 3.8) is 0 Å². The number of epoxide rings is 2. The van der Waals surface area contributed by atoms with Gasteiger partial charge in [-0.2, -0.15) is 0 Å². The minimum absolute atomic E-state index is 0.0127. The van der Waals surface area contributed by atoms with Crippen LogP contribution in [0, 0.1) is 35.5 Å². The van der Waals surface area contributed by atoms with Crippen LogP contribution in [-0.4, -0.2) is 165 Å². The smallest absolute Gasteiger partial charge is 0.329 e. The zero-order valence-electron chi connectivity index (χ0n) is 40.8. The number of ketones is 3. The lowest BCUT2D eigenvalue weighted by atomic mass is 9.78. The molecule has 17 heteroatoms. The first-order chi connectivity index (χ1) is 31.6. The molecule has 1 aliphatic carbocycles. The SMILES string of the molecule is CO[C@@H]1C[C@H](C[C@@H](C)[C@@H]2CC(=O)[C@H](C)/C=C(\C)[C@@H](O)[C@@H](OC)C(=O)[C@H](C)C(O)[C@H](C)/C=C/C3OC3C3OC3(C)C(O)C[C@@H]3CC[C@@H](C)[C@@](O)(O3)C(=O)C(=O)N3CCCC[C@H]3C(=O)O2)CC[C@H]1O. The van der Waals surface area contributed by atoms with Gasteiger partial charge in [0.2, 0.25) is 5.79 Å². The maximum Gasteiger partial charge on any atom is 0.329 e. The van der Waals surface area contributed by atoms with Crippen LogP contribution in [0.3, 0.4) is 0 Å². The number of aliphatic hydroxyl groups is 5. The molecule has 67 heavy (non-hydrogen) atoms. The fraction of sp³-hybridized carbons (Fsp3) is 0.820. The van der Waals surface area contributed by atoms with Gasteiger partial charge >= 0.3 is 5.97 Å². The summed E-state index contributed by atoms with van der Waals surface area (Å²) in [5.74, 6) is -9.87. The second-order valence-corrected chi connectivity index (χ2v) is 20.9. The minimum Gasteiger partial charge on any atom is -0.460 e. The van der Waals surface area contributed by atoms with Crippen molar-refractivity contribution >= 4 is 29.2 Å². The predicted octanol–water partition coefficient (Wildman–Crippen LogP) is 2.92. The molecule has 20 atom stereocenters. The van der Waals surface area contributed by atoms with Gasteiger partial charge in [-0.1, -0.05) is 52.8 Å². The molecule has 0 spiro atoms. The number of aliphatic hydroxyl groups excluding tert-OH is 4. The summed E-state index contributed by atoms with van der Waals surface area (Å²) in [6.07, 6.45) is -0.0522. The van der Waals surface area contributed by atoms with Crippen molar-refractivity contribution in [2.45, 2.75) is 204 Å². The molecule has 17 nitrogen and oxygen atoms in total. The number of rotatable bonds is 5. The quantitative estimate of drug-likeness (QED) is 0.115. The Labute approximate surface area is 394 Å². The van der Waals surface area contributed by atoms with Crippen molar-refractivity contribution in [1.29, 1.82) is 0 Å². The molecule has 5 heterocycles. The molecule has 378 valence electrons. The van der Waals surface area contributed by atoms with Gasteiger partial charge in [0.15, 0.2) is 5.78 Å². The molecule has 0 aromatic rings. The first-order valence-electron chi connectivity index (χ1n) is 24.6. The molecule has 0 aromatic carbocycles. The zero-order valence-corrected chi connectivity index (χ0v) is 40.8. The maximum atomic E-state index is 14.4. The lowest BCUT2D eigenvalue weighted by Gasteiger charge is -2.42. The summed E-state index contributed by atoms with van der Waals surface area (Å²) in [6, 6.07) is -1.19. The molecule has 2 bridgehead atoms. The zero-order chi connectivity index (χ0) is 49.3. The van der Waals surface area contributed by atoms with E-state index in [9.17, 15) is 49.5 Å². The molecule has 5 aliphatic heterocycles. The summed E-state index contributed by atoms with van der Waals surface area (Å²) in [7, 11) is 2.84. The fourth-order valence-electron chi connectivity index (χ4n) is 10.9. The largest absolute Gasteiger partial charge is 0.460 e. The maximum absolute atomic E-state index is 14.4. The van der Waals surface area contributed by atoms with Crippen molar-refractivity contribution in [2.24, 2.45) is 35.5 Å². The molecular weight excluding hydrogens is 871 g/mol. The molecule has 1 amide bonds. The normalized spacial score (nSPS) is 46.2. The summed E-state index contributed by atoms with van der Waals surface area (Å²) in [6.45, 7) is 11.8. The first kappa shape index (κ1) is 53.4. The Balaban J connectivity index is 1.29. The van der Waals surface area contributed by atoms with Gasteiger partial charge in [0.1, 0.15) is 54.0 Å². The Morgan fingerprint density at radius 3 is 2.30 bits per heavy atom. The van der Waals surface area contributed by atoms with Crippen LogP contribution in [0.15, 0.2) is 23.8 Å². The third kappa shape index (κ3) is 11.8. The van der Waals surface area contributed by atoms with Gasteiger partial charge < -0.3 is 58.9 Å². The number of piperidine rings is 1. The molecule has 0 radical (unpaired) electrons. The van der Waals surface area contributed by atoms with Crippen LogP contribution in [0.5, 0.6) is 0 Å². The molecular formula is C50H77NO16. The van der Waals surface area contributed by atoms with Crippen LogP contribution in [0.25, 0.3) is 0 Å². The van der Waals surface area contributed by atoms with Crippen LogP contribution in [0.1, 0.15) is 119 Å². The lowest BCUT2D eigenvalue weighted by Crippen LogP contribution is -2.61. The Morgan fingerprint density at radius 1 is 0.896 bits per heavy atom. The number of hydrogen-bond acceptors (Lipinski definition) is 16. The number of fused-ring (bicyclic) bond motifs is 6. The van der Waals surface area contributed by atoms with E-state index in [0.29, 0.717) is 51.4 Å². The average molecular weight is 948 g/mol. The fourth-order valence-corrected chi connectivity index (χ4v) is 10.9. The number of ether oxygens (including phenoxy) is 6. The number of nitrogens with zero attached hydrogens (tertiary/aromatic N) is 1. The summed E-state index contributed by atoms with van der Waals surface area (Å²) in [4.78, 5) is 71.9. The number of esters is 1. The molecule has 1 saturated carbocycles. The van der Waals surface area contributed by atoms with Gasteiger partial charge in [-0.3, -0.25) is 19.2 Å². The second kappa shape index (κ2) is 22.0. The van der Waals surface area contributed by atoms with Crippen molar-refractivity contribution in [1.82, 2.24) is 4.90 Å². The Hall–Kier alpha value is -2.97. The predicted molar refractivity (Wildman–Crippen MR) is 241 cm³/mol. The number of Topliss-reactive ketones (excluding diaryl/α,β-unsaturated/α-hetero) is 3. The number of carbonyl (C=O) groups excluding carboxylic acids is 5. The summed E-state index contributed by atoms with van der Waals surface area (Å²) >= 11 is 0. The van der Waals surface area contributed by atoms with E-state index in [1.54, 1.807) is 66.9 Å². The number of amides is 1. The van der Waals surface area contributed by atoms with Gasteiger partial charge in [0, 0.05) is 57.3 Å². The lowest BCUT2D eigenvalue weighted by molar-refractivity contribution is -0.266. The highest BCUT2D eigenvalue weighted by Crippen LogP contribution is 2.50. The monoisotopic (exact) mass is 948 g/mol. The minimum atomic E-state index is -2.54. The molecule has 6 aliphatic rings. The summed E-state index contributed by atoms with van der Waals surface area (Å²) < 4.78 is 35.2. The van der Waals surface area contributed by atoms with Gasteiger partial charge in [-0.05, 0) is 89.0 Å².